The molecule has 0 radical (unpaired) electrons. The molecule has 0 spiro atoms. The topological polar surface area (TPSA) is 115 Å². The Kier molecular flexibility index (Phi) is 15.8. The molecule has 3 fully saturated rings. The van der Waals surface area contributed by atoms with E-state index < -0.39 is 0 Å². The summed E-state index contributed by atoms with van der Waals surface area (Å²) in [7, 11) is 0. The molecule has 11 heteroatoms. The number of ether oxygens (including phenoxy) is 6. The second-order valence-electron chi connectivity index (χ2n) is 14.8. The second kappa shape index (κ2) is 21.1. The van der Waals surface area contributed by atoms with Crippen LogP contribution in [0.4, 0.5) is 0 Å². The van der Waals surface area contributed by atoms with Gasteiger partial charge in [-0.25, -0.2) is 0 Å². The summed E-state index contributed by atoms with van der Waals surface area (Å²) in [5, 5.41) is 9.42. The van der Waals surface area contributed by atoms with Crippen LogP contribution >= 0.6 is 0 Å². The number of nitrogens with zero attached hydrogens (tertiary/aromatic N) is 4. The Balaban J connectivity index is 0.845. The summed E-state index contributed by atoms with van der Waals surface area (Å²) in [6.07, 6.45) is 22.7. The van der Waals surface area contributed by atoms with Crippen molar-refractivity contribution in [2.75, 3.05) is 66.0 Å². The Hall–Kier alpha value is -3.08. The van der Waals surface area contributed by atoms with E-state index in [1.54, 1.807) is 0 Å². The van der Waals surface area contributed by atoms with E-state index in [-0.39, 0.29) is 18.2 Å². The number of piperidine rings is 1. The first-order valence-corrected chi connectivity index (χ1v) is 20.0. The van der Waals surface area contributed by atoms with Crippen LogP contribution in [0.1, 0.15) is 99.4 Å². The number of nitrogens with two attached hydrogens (primary N) is 1. The number of hydrogen-bond acceptors (Lipinski definition) is 10. The van der Waals surface area contributed by atoms with Crippen LogP contribution in [0.3, 0.4) is 0 Å². The number of allylic oxidation sites excluding steroid dienone is 1. The van der Waals surface area contributed by atoms with Gasteiger partial charge in [0.2, 0.25) is 0 Å². The summed E-state index contributed by atoms with van der Waals surface area (Å²) in [5.74, 6) is 6.07. The van der Waals surface area contributed by atoms with Crippen LogP contribution in [0, 0.1) is 19.3 Å². The van der Waals surface area contributed by atoms with Gasteiger partial charge in [-0.1, -0.05) is 42.3 Å². The number of terminal acetylenes is 1. The van der Waals surface area contributed by atoms with Gasteiger partial charge in [0.25, 0.3) is 0 Å². The minimum Gasteiger partial charge on any atom is -0.491 e. The zero-order chi connectivity index (χ0) is 36.7. The van der Waals surface area contributed by atoms with Crippen LogP contribution < -0.4 is 5.73 Å². The normalized spacial score (nSPS) is 26.3. The molecule has 4 aliphatic rings. The van der Waals surface area contributed by atoms with Gasteiger partial charge in [0, 0.05) is 36.6 Å². The first-order valence-electron chi connectivity index (χ1n) is 20.0. The fourth-order valence-electron chi connectivity index (χ4n) is 8.56. The highest BCUT2D eigenvalue weighted by Gasteiger charge is 2.42. The Labute approximate surface area is 316 Å². The lowest BCUT2D eigenvalue weighted by atomic mass is 9.86. The minimum absolute atomic E-state index is 0.0447. The van der Waals surface area contributed by atoms with E-state index >= 15 is 0 Å². The van der Waals surface area contributed by atoms with Crippen LogP contribution in [0.25, 0.3) is 0 Å². The number of aryl methyl sites for hydroxylation is 1. The molecule has 290 valence electrons. The highest BCUT2D eigenvalue weighted by atomic mass is 16.6. The van der Waals surface area contributed by atoms with Gasteiger partial charge >= 0.3 is 0 Å². The molecule has 1 saturated carbocycles. The molecule has 6 rings (SSSR count). The zero-order valence-corrected chi connectivity index (χ0v) is 31.7. The Morgan fingerprint density at radius 3 is 2.13 bits per heavy atom. The van der Waals surface area contributed by atoms with Crippen LogP contribution in [0.2, 0.25) is 0 Å². The van der Waals surface area contributed by atoms with Gasteiger partial charge in [0.15, 0.2) is 0 Å². The molecule has 11 nitrogen and oxygen atoms in total. The fourth-order valence-corrected chi connectivity index (χ4v) is 8.56. The highest BCUT2D eigenvalue weighted by Crippen LogP contribution is 2.44. The summed E-state index contributed by atoms with van der Waals surface area (Å²) < 4.78 is 36.7. The molecular weight excluding hydrogens is 670 g/mol. The zero-order valence-electron chi connectivity index (χ0n) is 31.7. The molecule has 2 aromatic rings. The molecule has 1 aromatic heterocycles. The second-order valence-corrected chi connectivity index (χ2v) is 14.8. The van der Waals surface area contributed by atoms with Gasteiger partial charge in [-0.2, -0.15) is 0 Å². The van der Waals surface area contributed by atoms with Crippen LogP contribution in [-0.2, 0) is 28.4 Å². The lowest BCUT2D eigenvalue weighted by Crippen LogP contribution is -2.44. The number of fused-ring (bicyclic) bond motifs is 2. The maximum Gasteiger partial charge on any atom is 0.136 e. The highest BCUT2D eigenvalue weighted by molar-refractivity contribution is 5.20. The number of benzene rings is 1. The summed E-state index contributed by atoms with van der Waals surface area (Å²) in [5.41, 5.74) is 7.83. The third-order valence-electron chi connectivity index (χ3n) is 11.3. The van der Waals surface area contributed by atoms with Gasteiger partial charge in [-0.15, -0.1) is 16.6 Å². The monoisotopic (exact) mass is 731 g/mol. The third-order valence-corrected chi connectivity index (χ3v) is 11.3. The first-order chi connectivity index (χ1) is 26.1. The van der Waals surface area contributed by atoms with Gasteiger partial charge in [0.05, 0.1) is 65.1 Å². The molecule has 53 heavy (non-hydrogen) atoms. The number of aromatic nitrogens is 3. The molecule has 3 unspecified atom stereocenters. The maximum absolute atomic E-state index is 6.59. The molecule has 2 saturated heterocycles. The van der Waals surface area contributed by atoms with E-state index in [1.807, 2.05) is 0 Å². The van der Waals surface area contributed by atoms with Crippen molar-refractivity contribution in [3.63, 3.8) is 0 Å². The van der Waals surface area contributed by atoms with Crippen LogP contribution in [0.5, 0.6) is 0 Å². The number of rotatable bonds is 22. The van der Waals surface area contributed by atoms with Crippen molar-refractivity contribution in [1.29, 1.82) is 0 Å². The van der Waals surface area contributed by atoms with E-state index in [1.165, 1.54) is 37.1 Å². The fraction of sp³-hybridized carbons (Fsp3) is 0.667. The molecule has 2 bridgehead atoms. The smallest absolute Gasteiger partial charge is 0.136 e. The molecular formula is C42H61N5O6. The number of hydrogen-bond donors (Lipinski definition) is 1. The SMILES string of the molecule is C#CCOCCOCCOCCOCCOC1C=CC(OC2CCC(c3nnc(C)n3C3CC4CCC(C3)N4CC[C@H](N)c3ccccc3)CC2)=CC1. The van der Waals surface area contributed by atoms with Crippen molar-refractivity contribution in [3.05, 3.63) is 71.5 Å². The van der Waals surface area contributed by atoms with Crippen molar-refractivity contribution in [3.8, 4) is 12.3 Å². The van der Waals surface area contributed by atoms with Crippen molar-refractivity contribution >= 4 is 0 Å². The Bertz CT molecular complexity index is 1450. The molecule has 2 aliphatic heterocycles. The first kappa shape index (κ1) is 39.6. The summed E-state index contributed by atoms with van der Waals surface area (Å²) in [6, 6.07) is 12.3. The predicted octanol–water partition coefficient (Wildman–Crippen LogP) is 5.82. The predicted molar refractivity (Wildman–Crippen MR) is 204 cm³/mol. The van der Waals surface area contributed by atoms with Crippen LogP contribution in [-0.4, -0.2) is 110 Å². The van der Waals surface area contributed by atoms with Crippen molar-refractivity contribution in [2.24, 2.45) is 5.73 Å². The quantitative estimate of drug-likeness (QED) is 0.118. The minimum atomic E-state index is 0.0447. The molecule has 0 amide bonds. The van der Waals surface area contributed by atoms with Crippen LogP contribution in [0.15, 0.2) is 54.3 Å². The average Bonchev–Trinajstić information content (AvgIpc) is 3.69. The average molecular weight is 732 g/mol. The van der Waals surface area contributed by atoms with E-state index in [2.05, 4.69) is 76.0 Å². The van der Waals surface area contributed by atoms with Gasteiger partial charge < -0.3 is 38.7 Å². The van der Waals surface area contributed by atoms with Crippen molar-refractivity contribution in [1.82, 2.24) is 19.7 Å². The molecule has 2 N–H and O–H groups in total. The van der Waals surface area contributed by atoms with E-state index in [9.17, 15) is 0 Å². The van der Waals surface area contributed by atoms with Gasteiger partial charge in [0.1, 0.15) is 24.0 Å². The Morgan fingerprint density at radius 2 is 1.49 bits per heavy atom. The maximum atomic E-state index is 6.59. The van der Waals surface area contributed by atoms with E-state index in [0.29, 0.717) is 83.5 Å². The lowest BCUT2D eigenvalue weighted by molar-refractivity contribution is -0.0153. The largest absolute Gasteiger partial charge is 0.491 e. The van der Waals surface area contributed by atoms with Crippen molar-refractivity contribution < 1.29 is 28.4 Å². The molecule has 2 aliphatic carbocycles. The Morgan fingerprint density at radius 1 is 0.830 bits per heavy atom. The van der Waals surface area contributed by atoms with E-state index in [4.69, 9.17) is 45.7 Å². The lowest BCUT2D eigenvalue weighted by Gasteiger charge is -2.41. The molecule has 3 heterocycles. The summed E-state index contributed by atoms with van der Waals surface area (Å²) in [6.45, 7) is 7.71. The summed E-state index contributed by atoms with van der Waals surface area (Å²) in [4.78, 5) is 2.76. The van der Waals surface area contributed by atoms with E-state index in [0.717, 1.165) is 56.7 Å². The van der Waals surface area contributed by atoms with Gasteiger partial charge in [-0.3, -0.25) is 4.90 Å². The molecule has 1 aromatic carbocycles. The molecule has 4 atom stereocenters. The van der Waals surface area contributed by atoms with Gasteiger partial charge in [-0.05, 0) is 88.8 Å². The third kappa shape index (κ3) is 11.7. The van der Waals surface area contributed by atoms with Crippen molar-refractivity contribution in [2.45, 2.75) is 113 Å². The summed E-state index contributed by atoms with van der Waals surface area (Å²) >= 11 is 0. The standard InChI is InChI=1S/C42H61N5O6/c1-3-21-48-22-23-49-24-25-50-26-27-51-28-29-52-38-15-17-40(18-16-38)53-39-13-9-34(10-14-39)42-45-44-32(2)47(42)37-30-35-11-12-36(31-37)46(35)20-19-41(43)33-7-5-4-6-8-33/h1,4-8,15,17-18,34-39,41H,9-14,16,19-31,43H2,2H3/t34?,35?,36?,37?,38?,39?,41-/m0/s1.